The van der Waals surface area contributed by atoms with Gasteiger partial charge in [-0.05, 0) is 29.7 Å². The van der Waals surface area contributed by atoms with Gasteiger partial charge >= 0.3 is 0 Å². The molecule has 0 spiro atoms. The van der Waals surface area contributed by atoms with Crippen LogP contribution in [-0.2, 0) is 16.6 Å². The molecular weight excluding hydrogens is 276 g/mol. The lowest BCUT2D eigenvalue weighted by Crippen LogP contribution is -2.14. The third-order valence-corrected chi connectivity index (χ3v) is 4.17. The number of benzene rings is 1. The maximum atomic E-state index is 12.3. The molecule has 0 aliphatic rings. The second kappa shape index (κ2) is 5.68. The van der Waals surface area contributed by atoms with Crippen molar-refractivity contribution >= 4 is 15.7 Å². The molecule has 6 heteroatoms. The van der Waals surface area contributed by atoms with Gasteiger partial charge in [-0.1, -0.05) is 32.0 Å². The second-order valence-electron chi connectivity index (χ2n) is 4.77. The molecule has 0 atom stereocenters. The minimum atomic E-state index is -3.73. The molecule has 0 aliphatic heterocycles. The number of para-hydroxylation sites is 1. The van der Waals surface area contributed by atoms with Gasteiger partial charge < -0.3 is 10.2 Å². The molecule has 0 amide bonds. The molecule has 0 fully saturated rings. The van der Waals surface area contributed by atoms with E-state index in [0.29, 0.717) is 11.4 Å². The first-order chi connectivity index (χ1) is 9.44. The van der Waals surface area contributed by atoms with Crippen LogP contribution in [0.15, 0.2) is 45.9 Å². The predicted octanol–water partition coefficient (Wildman–Crippen LogP) is 2.66. The lowest BCUT2D eigenvalue weighted by molar-refractivity contribution is 0.417. The van der Waals surface area contributed by atoms with Crippen LogP contribution in [0.3, 0.4) is 0 Å². The highest BCUT2D eigenvalue weighted by Gasteiger charge is 2.20. The van der Waals surface area contributed by atoms with E-state index in [1.807, 2.05) is 26.0 Å². The Balaban J connectivity index is 2.33. The molecule has 0 radical (unpaired) electrons. The molecule has 1 aromatic carbocycles. The molecule has 2 aromatic rings. The van der Waals surface area contributed by atoms with Crippen molar-refractivity contribution < 1.29 is 12.8 Å². The van der Waals surface area contributed by atoms with Gasteiger partial charge in [-0.15, -0.1) is 0 Å². The molecule has 0 saturated heterocycles. The highest BCUT2D eigenvalue weighted by molar-refractivity contribution is 7.92. The fourth-order valence-corrected chi connectivity index (χ4v) is 2.94. The van der Waals surface area contributed by atoms with Crippen molar-refractivity contribution in [2.24, 2.45) is 5.73 Å². The zero-order chi connectivity index (χ0) is 14.8. The molecule has 0 bridgehead atoms. The minimum Gasteiger partial charge on any atom is -0.446 e. The summed E-state index contributed by atoms with van der Waals surface area (Å²) < 4.78 is 32.3. The van der Waals surface area contributed by atoms with E-state index in [-0.39, 0.29) is 17.6 Å². The van der Waals surface area contributed by atoms with Crippen LogP contribution < -0.4 is 10.5 Å². The normalized spacial score (nSPS) is 11.8. The average Bonchev–Trinajstić information content (AvgIpc) is 2.88. The van der Waals surface area contributed by atoms with Crippen molar-refractivity contribution in [3.63, 3.8) is 0 Å². The first-order valence-corrected chi connectivity index (χ1v) is 7.83. The maximum Gasteiger partial charge on any atom is 0.295 e. The number of furan rings is 1. The van der Waals surface area contributed by atoms with E-state index in [2.05, 4.69) is 4.72 Å². The summed E-state index contributed by atoms with van der Waals surface area (Å²) in [6, 6.07) is 10.3. The Morgan fingerprint density at radius 2 is 1.90 bits per heavy atom. The van der Waals surface area contributed by atoms with E-state index < -0.39 is 10.0 Å². The Kier molecular flexibility index (Phi) is 4.15. The number of sulfonamides is 1. The van der Waals surface area contributed by atoms with Gasteiger partial charge in [-0.2, -0.15) is 8.42 Å². The van der Waals surface area contributed by atoms with Crippen LogP contribution in [0.2, 0.25) is 0 Å². The summed E-state index contributed by atoms with van der Waals surface area (Å²) in [5.41, 5.74) is 6.91. The fourth-order valence-electron chi connectivity index (χ4n) is 1.90. The van der Waals surface area contributed by atoms with Gasteiger partial charge in [-0.25, -0.2) is 0 Å². The van der Waals surface area contributed by atoms with E-state index in [4.69, 9.17) is 10.2 Å². The summed E-state index contributed by atoms with van der Waals surface area (Å²) in [5, 5.41) is -0.128. The smallest absolute Gasteiger partial charge is 0.295 e. The Morgan fingerprint density at radius 1 is 1.20 bits per heavy atom. The number of rotatable bonds is 5. The van der Waals surface area contributed by atoms with Crippen molar-refractivity contribution in [2.45, 2.75) is 31.4 Å². The molecule has 0 saturated carbocycles. The lowest BCUT2D eigenvalue weighted by atomic mass is 10.0. The van der Waals surface area contributed by atoms with Crippen LogP contribution in [0, 0.1) is 0 Å². The number of nitrogens with one attached hydrogen (secondary N) is 1. The number of anilines is 1. The zero-order valence-corrected chi connectivity index (χ0v) is 12.3. The number of nitrogens with two attached hydrogens (primary N) is 1. The summed E-state index contributed by atoms with van der Waals surface area (Å²) in [6.45, 7) is 4.18. The average molecular weight is 294 g/mol. The second-order valence-corrected chi connectivity index (χ2v) is 6.39. The van der Waals surface area contributed by atoms with E-state index in [1.54, 1.807) is 18.2 Å². The molecule has 1 heterocycles. The monoisotopic (exact) mass is 294 g/mol. The van der Waals surface area contributed by atoms with Gasteiger partial charge in [-0.3, -0.25) is 4.72 Å². The Labute approximate surface area is 118 Å². The summed E-state index contributed by atoms with van der Waals surface area (Å²) in [5.74, 6) is 0.646. The van der Waals surface area contributed by atoms with Crippen LogP contribution in [0.5, 0.6) is 0 Å². The number of hydrogen-bond donors (Lipinski definition) is 2. The quantitative estimate of drug-likeness (QED) is 0.887. The summed E-state index contributed by atoms with van der Waals surface area (Å²) in [4.78, 5) is 0. The molecule has 0 aliphatic carbocycles. The lowest BCUT2D eigenvalue weighted by Gasteiger charge is -2.13. The number of hydrogen-bond acceptors (Lipinski definition) is 4. The van der Waals surface area contributed by atoms with Crippen LogP contribution in [-0.4, -0.2) is 8.42 Å². The third-order valence-electron chi connectivity index (χ3n) is 2.93. The highest BCUT2D eigenvalue weighted by atomic mass is 32.2. The summed E-state index contributed by atoms with van der Waals surface area (Å²) >= 11 is 0. The Bertz CT molecular complexity index is 690. The van der Waals surface area contributed by atoms with E-state index in [9.17, 15) is 8.42 Å². The first-order valence-electron chi connectivity index (χ1n) is 6.34. The molecule has 20 heavy (non-hydrogen) atoms. The van der Waals surface area contributed by atoms with E-state index >= 15 is 0 Å². The molecule has 1 aromatic heterocycles. The molecular formula is C14H18N2O3S. The van der Waals surface area contributed by atoms with Crippen molar-refractivity contribution in [1.82, 2.24) is 0 Å². The van der Waals surface area contributed by atoms with Gasteiger partial charge in [0.15, 0.2) is 0 Å². The summed E-state index contributed by atoms with van der Waals surface area (Å²) in [6.07, 6.45) is 0. The predicted molar refractivity (Wildman–Crippen MR) is 77.9 cm³/mol. The van der Waals surface area contributed by atoms with Gasteiger partial charge in [0.25, 0.3) is 10.0 Å². The highest BCUT2D eigenvalue weighted by Crippen LogP contribution is 2.26. The van der Waals surface area contributed by atoms with Crippen LogP contribution in [0.4, 0.5) is 5.69 Å². The van der Waals surface area contributed by atoms with Gasteiger partial charge in [0, 0.05) is 0 Å². The van der Waals surface area contributed by atoms with E-state index in [1.165, 1.54) is 6.07 Å². The van der Waals surface area contributed by atoms with Crippen LogP contribution in [0.25, 0.3) is 0 Å². The Hall–Kier alpha value is -1.79. The molecule has 108 valence electrons. The summed E-state index contributed by atoms with van der Waals surface area (Å²) in [7, 11) is -3.73. The third kappa shape index (κ3) is 3.02. The van der Waals surface area contributed by atoms with Gasteiger partial charge in [0.2, 0.25) is 5.09 Å². The largest absolute Gasteiger partial charge is 0.446 e. The van der Waals surface area contributed by atoms with Gasteiger partial charge in [0.1, 0.15) is 5.76 Å². The molecule has 5 nitrogen and oxygen atoms in total. The van der Waals surface area contributed by atoms with Crippen LogP contribution in [0.1, 0.15) is 31.1 Å². The fraction of sp³-hybridized carbons (Fsp3) is 0.286. The van der Waals surface area contributed by atoms with E-state index in [0.717, 1.165) is 5.56 Å². The standard InChI is InChI=1S/C14H18N2O3S/c1-10(2)12-5-3-4-6-13(12)16-20(17,18)14-8-7-11(9-15)19-14/h3-8,10,16H,9,15H2,1-2H3. The topological polar surface area (TPSA) is 85.3 Å². The minimum absolute atomic E-state index is 0.128. The van der Waals surface area contributed by atoms with Gasteiger partial charge in [0.05, 0.1) is 12.2 Å². The zero-order valence-electron chi connectivity index (χ0n) is 11.5. The van der Waals surface area contributed by atoms with Crippen molar-refractivity contribution in [3.05, 3.63) is 47.7 Å². The van der Waals surface area contributed by atoms with Crippen LogP contribution >= 0.6 is 0 Å². The SMILES string of the molecule is CC(C)c1ccccc1NS(=O)(=O)c1ccc(CN)o1. The molecule has 2 rings (SSSR count). The van der Waals surface area contributed by atoms with Crippen molar-refractivity contribution in [2.75, 3.05) is 4.72 Å². The Morgan fingerprint density at radius 3 is 2.50 bits per heavy atom. The molecule has 0 unspecified atom stereocenters. The maximum absolute atomic E-state index is 12.3. The van der Waals surface area contributed by atoms with Crippen molar-refractivity contribution in [1.29, 1.82) is 0 Å². The first kappa shape index (κ1) is 14.6. The van der Waals surface area contributed by atoms with Crippen molar-refractivity contribution in [3.8, 4) is 0 Å². The molecule has 3 N–H and O–H groups in total.